The van der Waals surface area contributed by atoms with Gasteiger partial charge in [0.1, 0.15) is 0 Å². The second-order valence-corrected chi connectivity index (χ2v) is 9.38. The van der Waals surface area contributed by atoms with Gasteiger partial charge in [0, 0.05) is 35.6 Å². The monoisotopic (exact) mass is 558 g/mol. The van der Waals surface area contributed by atoms with Crippen LogP contribution < -0.4 is 9.64 Å². The van der Waals surface area contributed by atoms with E-state index in [0.717, 1.165) is 6.07 Å². The molecule has 3 aromatic rings. The highest BCUT2D eigenvalue weighted by Gasteiger charge is 2.42. The molecule has 0 unspecified atom stereocenters. The Morgan fingerprint density at radius 2 is 1.90 bits per heavy atom. The molecular weight excluding hydrogens is 533 g/mol. The van der Waals surface area contributed by atoms with Gasteiger partial charge in [-0.2, -0.15) is 18.4 Å². The first-order valence-electron chi connectivity index (χ1n) is 12.4. The molecule has 1 saturated heterocycles. The van der Waals surface area contributed by atoms with Crippen LogP contribution in [0.15, 0.2) is 48.7 Å². The van der Waals surface area contributed by atoms with Crippen LogP contribution in [0.2, 0.25) is 5.02 Å². The van der Waals surface area contributed by atoms with Crippen molar-refractivity contribution >= 4 is 23.3 Å². The molecule has 0 aliphatic carbocycles. The minimum atomic E-state index is -4.59. The summed E-state index contributed by atoms with van der Waals surface area (Å²) >= 11 is 5.84. The molecule has 7 nitrogen and oxygen atoms in total. The maximum absolute atomic E-state index is 13.7. The first kappa shape index (κ1) is 28.2. The van der Waals surface area contributed by atoms with Crippen LogP contribution in [0.1, 0.15) is 48.3 Å². The van der Waals surface area contributed by atoms with Crippen molar-refractivity contribution in [3.63, 3.8) is 0 Å². The molecule has 0 spiro atoms. The molecule has 11 heteroatoms. The lowest BCUT2D eigenvalue weighted by Gasteiger charge is -2.40. The van der Waals surface area contributed by atoms with Gasteiger partial charge in [-0.3, -0.25) is 0 Å². The summed E-state index contributed by atoms with van der Waals surface area (Å²) in [6.07, 6.45) is -2.66. The van der Waals surface area contributed by atoms with Crippen molar-refractivity contribution in [2.24, 2.45) is 0 Å². The van der Waals surface area contributed by atoms with Gasteiger partial charge in [0.2, 0.25) is 5.88 Å². The Kier molecular flexibility index (Phi) is 8.31. The summed E-state index contributed by atoms with van der Waals surface area (Å²) in [7, 11) is 0. The molecule has 1 aliphatic heterocycles. The van der Waals surface area contributed by atoms with E-state index in [1.54, 1.807) is 42.3 Å². The van der Waals surface area contributed by atoms with E-state index in [4.69, 9.17) is 21.1 Å². The van der Waals surface area contributed by atoms with Crippen molar-refractivity contribution in [3.8, 4) is 23.2 Å². The van der Waals surface area contributed by atoms with E-state index in [2.05, 4.69) is 16.0 Å². The van der Waals surface area contributed by atoms with Crippen molar-refractivity contribution in [2.45, 2.75) is 38.3 Å². The normalized spacial score (nSPS) is 14.9. The molecule has 4 rings (SSSR count). The number of nitriles is 1. The average Bonchev–Trinajstić information content (AvgIpc) is 2.93. The Labute approximate surface area is 229 Å². The second-order valence-electron chi connectivity index (χ2n) is 8.94. The zero-order valence-corrected chi connectivity index (χ0v) is 22.1. The molecule has 39 heavy (non-hydrogen) atoms. The van der Waals surface area contributed by atoms with Gasteiger partial charge in [-0.15, -0.1) is 0 Å². The summed E-state index contributed by atoms with van der Waals surface area (Å²) in [5.41, 5.74) is -0.650. The number of carbonyl (C=O) groups excluding carboxylic acids is 1. The summed E-state index contributed by atoms with van der Waals surface area (Å²) in [6.45, 7) is 4.27. The van der Waals surface area contributed by atoms with Crippen LogP contribution in [0.5, 0.6) is 5.88 Å². The highest BCUT2D eigenvalue weighted by atomic mass is 35.5. The van der Waals surface area contributed by atoms with E-state index < -0.39 is 23.1 Å². The Morgan fingerprint density at radius 1 is 1.15 bits per heavy atom. The number of piperidine rings is 1. The highest BCUT2D eigenvalue weighted by molar-refractivity contribution is 6.30. The maximum Gasteiger partial charge on any atom is 0.418 e. The van der Waals surface area contributed by atoms with E-state index in [0.29, 0.717) is 29.3 Å². The molecule has 1 aliphatic rings. The lowest BCUT2D eigenvalue weighted by molar-refractivity contribution is -0.137. The van der Waals surface area contributed by atoms with Gasteiger partial charge in [0.05, 0.1) is 41.5 Å². The minimum absolute atomic E-state index is 0.00226. The number of rotatable bonds is 7. The van der Waals surface area contributed by atoms with Crippen LogP contribution in [0.25, 0.3) is 11.3 Å². The topological polar surface area (TPSA) is 88.3 Å². The summed E-state index contributed by atoms with van der Waals surface area (Å²) in [5.74, 6) is -0.341. The number of esters is 1. The van der Waals surface area contributed by atoms with Crippen LogP contribution in [0, 0.1) is 11.3 Å². The number of halogens is 4. The lowest BCUT2D eigenvalue weighted by atomic mass is 9.73. The standard InChI is InChI=1S/C28H26ClF3N4O3/c1-3-38-25-19(6-5-13-34-25)22-9-8-20(24(35-22)26(37)39-4-2)27(17-33)11-14-36(15-12-27)23-10-7-18(29)16-21(23)28(30,31)32/h5-10,13,16H,3-4,11-12,14-15H2,1-2H3. The zero-order valence-electron chi connectivity index (χ0n) is 21.4. The fourth-order valence-electron chi connectivity index (χ4n) is 4.77. The molecule has 0 amide bonds. The molecule has 3 heterocycles. The Morgan fingerprint density at radius 3 is 2.54 bits per heavy atom. The summed E-state index contributed by atoms with van der Waals surface area (Å²) < 4.78 is 52.0. The number of anilines is 1. The lowest BCUT2D eigenvalue weighted by Crippen LogP contribution is -2.43. The summed E-state index contributed by atoms with van der Waals surface area (Å²) in [6, 6.07) is 12.8. The molecule has 0 N–H and O–H groups in total. The molecule has 1 aromatic carbocycles. The number of carbonyl (C=O) groups is 1. The van der Waals surface area contributed by atoms with Gasteiger partial charge in [-0.05, 0) is 63.1 Å². The average molecular weight is 559 g/mol. The largest absolute Gasteiger partial charge is 0.477 e. The van der Waals surface area contributed by atoms with Gasteiger partial charge < -0.3 is 14.4 Å². The number of alkyl halides is 3. The van der Waals surface area contributed by atoms with Gasteiger partial charge in [-0.1, -0.05) is 17.7 Å². The summed E-state index contributed by atoms with van der Waals surface area (Å²) in [4.78, 5) is 23.5. The van der Waals surface area contributed by atoms with E-state index in [-0.39, 0.29) is 48.9 Å². The molecular formula is C28H26ClF3N4O3. The number of benzene rings is 1. The van der Waals surface area contributed by atoms with Gasteiger partial charge in [0.25, 0.3) is 0 Å². The number of ether oxygens (including phenoxy) is 2. The molecule has 2 aromatic heterocycles. The van der Waals surface area contributed by atoms with E-state index in [1.807, 2.05) is 6.92 Å². The molecule has 0 saturated carbocycles. The molecule has 1 fully saturated rings. The van der Waals surface area contributed by atoms with Gasteiger partial charge in [-0.25, -0.2) is 14.8 Å². The third kappa shape index (κ3) is 5.78. The van der Waals surface area contributed by atoms with Gasteiger partial charge >= 0.3 is 12.1 Å². The van der Waals surface area contributed by atoms with Crippen LogP contribution in [-0.4, -0.2) is 42.2 Å². The molecule has 0 bridgehead atoms. The molecule has 0 atom stereocenters. The molecule has 0 radical (unpaired) electrons. The Balaban J connectivity index is 1.72. The van der Waals surface area contributed by atoms with Crippen LogP contribution >= 0.6 is 11.6 Å². The number of hydrogen-bond donors (Lipinski definition) is 0. The van der Waals surface area contributed by atoms with Gasteiger partial charge in [0.15, 0.2) is 5.69 Å². The fraction of sp³-hybridized carbons (Fsp3) is 0.357. The van der Waals surface area contributed by atoms with Crippen molar-refractivity contribution in [1.82, 2.24) is 9.97 Å². The second kappa shape index (κ2) is 11.5. The van der Waals surface area contributed by atoms with Crippen molar-refractivity contribution in [2.75, 3.05) is 31.2 Å². The fourth-order valence-corrected chi connectivity index (χ4v) is 4.94. The Hall–Kier alpha value is -3.84. The van der Waals surface area contributed by atoms with Crippen molar-refractivity contribution in [1.29, 1.82) is 5.26 Å². The van der Waals surface area contributed by atoms with Crippen LogP contribution in [0.4, 0.5) is 18.9 Å². The maximum atomic E-state index is 13.7. The smallest absolute Gasteiger partial charge is 0.418 e. The number of aromatic nitrogens is 2. The van der Waals surface area contributed by atoms with E-state index >= 15 is 0 Å². The number of hydrogen-bond acceptors (Lipinski definition) is 7. The predicted octanol–water partition coefficient (Wildman–Crippen LogP) is 6.45. The van der Waals surface area contributed by atoms with Crippen molar-refractivity contribution in [3.05, 3.63) is 70.5 Å². The third-order valence-corrected chi connectivity index (χ3v) is 6.88. The number of nitrogens with zero attached hydrogens (tertiary/aromatic N) is 4. The quantitative estimate of drug-likeness (QED) is 0.308. The zero-order chi connectivity index (χ0) is 28.2. The van der Waals surface area contributed by atoms with Crippen LogP contribution in [-0.2, 0) is 16.3 Å². The number of pyridine rings is 2. The molecule has 204 valence electrons. The first-order chi connectivity index (χ1) is 18.6. The SMILES string of the molecule is CCOC(=O)c1nc(-c2cccnc2OCC)ccc1C1(C#N)CCN(c2ccc(Cl)cc2C(F)(F)F)CC1. The Bertz CT molecular complexity index is 1400. The minimum Gasteiger partial charge on any atom is -0.477 e. The highest BCUT2D eigenvalue weighted by Crippen LogP contribution is 2.43. The van der Waals surface area contributed by atoms with Crippen LogP contribution in [0.3, 0.4) is 0 Å². The first-order valence-corrected chi connectivity index (χ1v) is 12.8. The van der Waals surface area contributed by atoms with Crippen molar-refractivity contribution < 1.29 is 27.4 Å². The van der Waals surface area contributed by atoms with E-state index in [1.165, 1.54) is 12.1 Å². The summed E-state index contributed by atoms with van der Waals surface area (Å²) in [5, 5.41) is 10.3. The van der Waals surface area contributed by atoms with E-state index in [9.17, 15) is 23.2 Å². The third-order valence-electron chi connectivity index (χ3n) is 6.64. The predicted molar refractivity (Wildman–Crippen MR) is 140 cm³/mol.